The third-order valence-electron chi connectivity index (χ3n) is 4.14. The van der Waals surface area contributed by atoms with E-state index < -0.39 is 12.6 Å². The van der Waals surface area contributed by atoms with Crippen LogP contribution in [0.5, 0.6) is 5.75 Å². The maximum absolute atomic E-state index is 13.0. The van der Waals surface area contributed by atoms with Crippen LogP contribution in [0.25, 0.3) is 10.9 Å². The molecule has 3 aromatic rings. The van der Waals surface area contributed by atoms with E-state index in [1.54, 1.807) is 37.4 Å². The molecule has 1 amide bonds. The van der Waals surface area contributed by atoms with E-state index in [1.165, 1.54) is 12.1 Å². The molecule has 0 unspecified atom stereocenters. The maximum atomic E-state index is 13.0. The molecule has 0 atom stereocenters. The second-order valence-corrected chi connectivity index (χ2v) is 6.08. The van der Waals surface area contributed by atoms with Crippen molar-refractivity contribution in [3.05, 3.63) is 70.7 Å². The van der Waals surface area contributed by atoms with E-state index in [4.69, 9.17) is 0 Å². The number of alkyl halides is 1. The monoisotopic (exact) mass is 356 g/mol. The van der Waals surface area contributed by atoms with Gasteiger partial charge in [0, 0.05) is 23.7 Å². The zero-order valence-corrected chi connectivity index (χ0v) is 14.2. The standard InChI is InChI=1S/C20H18F2N2O2/c1-12-8-17(20(26)23-7-6-21)16-10-14(11-24-18(16)19(12)25)9-13-2-4-15(22)5-3-13/h2-5,8,10-11,25H,6-7,9H2,1H3,(H,23,26). The number of fused-ring (bicyclic) bond motifs is 1. The zero-order valence-electron chi connectivity index (χ0n) is 14.2. The summed E-state index contributed by atoms with van der Waals surface area (Å²) in [6.45, 7) is 0.937. The van der Waals surface area contributed by atoms with Crippen molar-refractivity contribution in [3.63, 3.8) is 0 Å². The molecular weight excluding hydrogens is 338 g/mol. The van der Waals surface area contributed by atoms with Crippen molar-refractivity contribution < 1.29 is 18.7 Å². The number of rotatable bonds is 5. The molecule has 26 heavy (non-hydrogen) atoms. The fraction of sp³-hybridized carbons (Fsp3) is 0.200. The lowest BCUT2D eigenvalue weighted by molar-refractivity contribution is 0.0952. The zero-order chi connectivity index (χ0) is 18.7. The summed E-state index contributed by atoms with van der Waals surface area (Å²) in [5.41, 5.74) is 2.87. The van der Waals surface area contributed by atoms with E-state index >= 15 is 0 Å². The minimum atomic E-state index is -0.658. The van der Waals surface area contributed by atoms with Crippen LogP contribution in [-0.2, 0) is 6.42 Å². The molecule has 0 aliphatic carbocycles. The number of hydrogen-bond acceptors (Lipinski definition) is 3. The molecule has 0 aliphatic rings. The van der Waals surface area contributed by atoms with Gasteiger partial charge in [-0.05, 0) is 54.3 Å². The van der Waals surface area contributed by atoms with Gasteiger partial charge in [-0.1, -0.05) is 12.1 Å². The molecule has 0 fully saturated rings. The topological polar surface area (TPSA) is 62.2 Å². The van der Waals surface area contributed by atoms with Gasteiger partial charge in [0.05, 0.1) is 0 Å². The molecular formula is C20H18F2N2O2. The number of carbonyl (C=O) groups is 1. The summed E-state index contributed by atoms with van der Waals surface area (Å²) in [6, 6.07) is 9.47. The first-order valence-corrected chi connectivity index (χ1v) is 8.19. The second-order valence-electron chi connectivity index (χ2n) is 6.08. The predicted molar refractivity (Wildman–Crippen MR) is 95.7 cm³/mol. The van der Waals surface area contributed by atoms with Crippen molar-refractivity contribution in [1.82, 2.24) is 10.3 Å². The second kappa shape index (κ2) is 7.47. The van der Waals surface area contributed by atoms with Crippen molar-refractivity contribution in [2.45, 2.75) is 13.3 Å². The highest BCUT2D eigenvalue weighted by molar-refractivity contribution is 6.08. The quantitative estimate of drug-likeness (QED) is 0.733. The Hall–Kier alpha value is -3.02. The summed E-state index contributed by atoms with van der Waals surface area (Å²) in [7, 11) is 0. The molecule has 134 valence electrons. The third kappa shape index (κ3) is 3.64. The van der Waals surface area contributed by atoms with E-state index in [2.05, 4.69) is 10.3 Å². The molecule has 0 saturated heterocycles. The molecule has 4 nitrogen and oxygen atoms in total. The number of hydrogen-bond donors (Lipinski definition) is 2. The van der Waals surface area contributed by atoms with Crippen molar-refractivity contribution in [2.24, 2.45) is 0 Å². The molecule has 0 radical (unpaired) electrons. The first-order valence-electron chi connectivity index (χ1n) is 8.19. The Morgan fingerprint density at radius 1 is 1.19 bits per heavy atom. The summed E-state index contributed by atoms with van der Waals surface area (Å²) in [5.74, 6) is -0.718. The molecule has 2 N–H and O–H groups in total. The normalized spacial score (nSPS) is 10.9. The Morgan fingerprint density at radius 2 is 1.92 bits per heavy atom. The molecule has 0 aliphatic heterocycles. The van der Waals surface area contributed by atoms with E-state index in [0.717, 1.165) is 11.1 Å². The molecule has 6 heteroatoms. The van der Waals surface area contributed by atoms with Crippen LogP contribution >= 0.6 is 0 Å². The van der Waals surface area contributed by atoms with Gasteiger partial charge >= 0.3 is 0 Å². The summed E-state index contributed by atoms with van der Waals surface area (Å²) in [6.07, 6.45) is 2.12. The van der Waals surface area contributed by atoms with Crippen LogP contribution in [-0.4, -0.2) is 29.2 Å². The van der Waals surface area contributed by atoms with Gasteiger partial charge in [0.25, 0.3) is 5.91 Å². The third-order valence-corrected chi connectivity index (χ3v) is 4.14. The van der Waals surface area contributed by atoms with Crippen LogP contribution < -0.4 is 5.32 Å². The van der Waals surface area contributed by atoms with Gasteiger partial charge in [-0.15, -0.1) is 0 Å². The van der Waals surface area contributed by atoms with Crippen LogP contribution in [0.1, 0.15) is 27.0 Å². The Kier molecular flexibility index (Phi) is 5.11. The number of pyridine rings is 1. The van der Waals surface area contributed by atoms with Crippen LogP contribution in [0.2, 0.25) is 0 Å². The van der Waals surface area contributed by atoms with Crippen molar-refractivity contribution >= 4 is 16.8 Å². The SMILES string of the molecule is Cc1cc(C(=O)NCCF)c2cc(Cc3ccc(F)cc3)cnc2c1O. The van der Waals surface area contributed by atoms with E-state index in [1.807, 2.05) is 0 Å². The molecule has 2 aromatic carbocycles. The minimum Gasteiger partial charge on any atom is -0.505 e. The molecule has 0 bridgehead atoms. The number of phenols is 1. The minimum absolute atomic E-state index is 0.00961. The number of nitrogens with one attached hydrogen (secondary N) is 1. The first kappa shape index (κ1) is 17.8. The largest absolute Gasteiger partial charge is 0.505 e. The fourth-order valence-electron chi connectivity index (χ4n) is 2.83. The van der Waals surface area contributed by atoms with Crippen molar-refractivity contribution in [2.75, 3.05) is 13.2 Å². The molecule has 1 aromatic heterocycles. The fourth-order valence-corrected chi connectivity index (χ4v) is 2.83. The van der Waals surface area contributed by atoms with Gasteiger partial charge in [-0.2, -0.15) is 0 Å². The average Bonchev–Trinajstić information content (AvgIpc) is 2.64. The van der Waals surface area contributed by atoms with Crippen molar-refractivity contribution in [1.29, 1.82) is 0 Å². The van der Waals surface area contributed by atoms with E-state index in [-0.39, 0.29) is 18.1 Å². The summed E-state index contributed by atoms with van der Waals surface area (Å²) in [5, 5.41) is 13.2. The summed E-state index contributed by atoms with van der Waals surface area (Å²) in [4.78, 5) is 16.7. The number of aromatic nitrogens is 1. The van der Waals surface area contributed by atoms with Gasteiger partial charge in [-0.3, -0.25) is 9.78 Å². The van der Waals surface area contributed by atoms with Gasteiger partial charge in [0.15, 0.2) is 0 Å². The van der Waals surface area contributed by atoms with Crippen LogP contribution in [0.3, 0.4) is 0 Å². The van der Waals surface area contributed by atoms with Crippen molar-refractivity contribution in [3.8, 4) is 5.75 Å². The van der Waals surface area contributed by atoms with Gasteiger partial charge in [0.2, 0.25) is 0 Å². The highest BCUT2D eigenvalue weighted by Gasteiger charge is 2.16. The highest BCUT2D eigenvalue weighted by atomic mass is 19.1. The average molecular weight is 356 g/mol. The lowest BCUT2D eigenvalue weighted by Crippen LogP contribution is -2.25. The highest BCUT2D eigenvalue weighted by Crippen LogP contribution is 2.30. The number of carbonyl (C=O) groups excluding carboxylic acids is 1. The molecule has 0 spiro atoms. The number of benzene rings is 2. The van der Waals surface area contributed by atoms with Gasteiger partial charge in [0.1, 0.15) is 23.8 Å². The number of nitrogens with zero attached hydrogens (tertiary/aromatic N) is 1. The number of halogens is 2. The van der Waals surface area contributed by atoms with Gasteiger partial charge < -0.3 is 10.4 Å². The summed E-state index contributed by atoms with van der Waals surface area (Å²) >= 11 is 0. The van der Waals surface area contributed by atoms with E-state index in [9.17, 15) is 18.7 Å². The summed E-state index contributed by atoms with van der Waals surface area (Å²) < 4.78 is 25.4. The Balaban J connectivity index is 2.04. The molecule has 1 heterocycles. The maximum Gasteiger partial charge on any atom is 0.252 e. The lowest BCUT2D eigenvalue weighted by Gasteiger charge is -2.12. The van der Waals surface area contributed by atoms with Crippen LogP contribution in [0.15, 0.2) is 42.6 Å². The number of aryl methyl sites for hydroxylation is 1. The first-order chi connectivity index (χ1) is 12.5. The van der Waals surface area contributed by atoms with E-state index in [0.29, 0.717) is 28.5 Å². The number of aromatic hydroxyl groups is 1. The Bertz CT molecular complexity index is 956. The predicted octanol–water partition coefficient (Wildman–Crippen LogP) is 3.68. The number of phenolic OH excluding ortho intramolecular Hbond substituents is 1. The Labute approximate surface area is 149 Å². The molecule has 3 rings (SSSR count). The Morgan fingerprint density at radius 3 is 2.62 bits per heavy atom. The van der Waals surface area contributed by atoms with Crippen LogP contribution in [0, 0.1) is 12.7 Å². The van der Waals surface area contributed by atoms with Crippen LogP contribution in [0.4, 0.5) is 8.78 Å². The molecule has 0 saturated carbocycles. The number of amides is 1. The smallest absolute Gasteiger partial charge is 0.252 e. The van der Waals surface area contributed by atoms with Gasteiger partial charge in [-0.25, -0.2) is 8.78 Å². The lowest BCUT2D eigenvalue weighted by atomic mass is 9.99.